The van der Waals surface area contributed by atoms with Gasteiger partial charge in [-0.2, -0.15) is 5.10 Å². The van der Waals surface area contributed by atoms with E-state index in [0.717, 1.165) is 5.75 Å². The second-order valence-electron chi connectivity index (χ2n) is 8.06. The zero-order valence-electron chi connectivity index (χ0n) is 18.5. The van der Waals surface area contributed by atoms with Gasteiger partial charge < -0.3 is 14.5 Å². The molecule has 4 aromatic rings. The average molecular weight is 430 g/mol. The van der Waals surface area contributed by atoms with Crippen LogP contribution < -0.4 is 10.1 Å². The maximum Gasteiger partial charge on any atom is 0.292 e. The number of nitrogens with one attached hydrogen (secondary N) is 1. The molecule has 0 unspecified atom stereocenters. The van der Waals surface area contributed by atoms with Gasteiger partial charge in [-0.25, -0.2) is 0 Å². The van der Waals surface area contributed by atoms with Crippen LogP contribution in [0.5, 0.6) is 5.75 Å². The van der Waals surface area contributed by atoms with Gasteiger partial charge in [0, 0.05) is 12.3 Å². The number of anilines is 1. The molecule has 0 spiro atoms. The number of hydrogen-bond acceptors (Lipinski definition) is 4. The number of furan rings is 1. The van der Waals surface area contributed by atoms with Gasteiger partial charge in [-0.1, -0.05) is 50.2 Å². The molecule has 2 aromatic heterocycles. The van der Waals surface area contributed by atoms with Crippen LogP contribution in [-0.4, -0.2) is 15.7 Å². The van der Waals surface area contributed by atoms with E-state index in [4.69, 9.17) is 9.15 Å². The molecule has 2 heterocycles. The predicted molar refractivity (Wildman–Crippen MR) is 124 cm³/mol. The minimum atomic E-state index is -0.348. The number of aryl methyl sites for hydroxylation is 1. The highest BCUT2D eigenvalue weighted by molar-refractivity contribution is 6.01. The Morgan fingerprint density at radius 2 is 1.84 bits per heavy atom. The molecule has 0 atom stereocenters. The Hall–Kier alpha value is -3.80. The fourth-order valence-electron chi connectivity index (χ4n) is 3.34. The SMILES string of the molecule is Cc1ccccc1Cn1ccc(NC(=O)c2ccc(COc3ccc(C(C)C)cc3)o2)n1. The number of nitrogens with zero attached hydrogens (tertiary/aromatic N) is 2. The van der Waals surface area contributed by atoms with Gasteiger partial charge in [0.15, 0.2) is 11.6 Å². The minimum absolute atomic E-state index is 0.215. The third-order valence-corrected chi connectivity index (χ3v) is 5.29. The molecule has 1 amide bonds. The molecule has 0 aliphatic heterocycles. The van der Waals surface area contributed by atoms with Crippen molar-refractivity contribution in [3.63, 3.8) is 0 Å². The van der Waals surface area contributed by atoms with Crippen molar-refractivity contribution in [3.05, 3.63) is 101 Å². The molecular weight excluding hydrogens is 402 g/mol. The first kappa shape index (κ1) is 21.4. The van der Waals surface area contributed by atoms with Gasteiger partial charge in [0.25, 0.3) is 5.91 Å². The van der Waals surface area contributed by atoms with Crippen molar-refractivity contribution in [1.29, 1.82) is 0 Å². The first-order valence-electron chi connectivity index (χ1n) is 10.7. The quantitative estimate of drug-likeness (QED) is 0.385. The van der Waals surface area contributed by atoms with Gasteiger partial charge in [-0.3, -0.25) is 9.48 Å². The number of carbonyl (C=O) groups is 1. The number of hydrogen-bond donors (Lipinski definition) is 1. The van der Waals surface area contributed by atoms with Crippen molar-refractivity contribution in [2.75, 3.05) is 5.32 Å². The lowest BCUT2D eigenvalue weighted by molar-refractivity contribution is 0.0992. The Morgan fingerprint density at radius 3 is 2.59 bits per heavy atom. The molecule has 2 aromatic carbocycles. The molecule has 6 nitrogen and oxygen atoms in total. The molecule has 32 heavy (non-hydrogen) atoms. The highest BCUT2D eigenvalue weighted by Gasteiger charge is 2.13. The van der Waals surface area contributed by atoms with Gasteiger partial charge in [0.05, 0.1) is 6.54 Å². The number of aromatic nitrogens is 2. The van der Waals surface area contributed by atoms with Crippen LogP contribution in [0.4, 0.5) is 5.82 Å². The molecule has 0 bridgehead atoms. The van der Waals surface area contributed by atoms with Crippen LogP contribution in [0.1, 0.15) is 52.8 Å². The van der Waals surface area contributed by atoms with Crippen LogP contribution in [-0.2, 0) is 13.2 Å². The van der Waals surface area contributed by atoms with E-state index in [1.54, 1.807) is 22.9 Å². The Balaban J connectivity index is 1.32. The molecule has 4 rings (SSSR count). The molecule has 0 saturated heterocycles. The number of rotatable bonds is 8. The zero-order chi connectivity index (χ0) is 22.5. The zero-order valence-corrected chi connectivity index (χ0v) is 18.5. The molecule has 6 heteroatoms. The van der Waals surface area contributed by atoms with Crippen LogP contribution in [0.3, 0.4) is 0 Å². The van der Waals surface area contributed by atoms with Crippen molar-refractivity contribution in [1.82, 2.24) is 9.78 Å². The summed E-state index contributed by atoms with van der Waals surface area (Å²) in [7, 11) is 0. The Kier molecular flexibility index (Phi) is 6.40. The lowest BCUT2D eigenvalue weighted by Crippen LogP contribution is -2.12. The minimum Gasteiger partial charge on any atom is -0.486 e. The standard InChI is InChI=1S/C26H27N3O3/c1-18(2)20-8-10-22(11-9-20)31-17-23-12-13-24(32-23)26(30)27-25-14-15-29(28-25)16-21-7-5-4-6-19(21)3/h4-15,18H,16-17H2,1-3H3,(H,27,28,30). The van der Waals surface area contributed by atoms with Crippen molar-refractivity contribution in [2.45, 2.75) is 39.8 Å². The summed E-state index contributed by atoms with van der Waals surface area (Å²) >= 11 is 0. The largest absolute Gasteiger partial charge is 0.486 e. The second-order valence-corrected chi connectivity index (χ2v) is 8.06. The molecular formula is C26H27N3O3. The van der Waals surface area contributed by atoms with Crippen LogP contribution in [0.25, 0.3) is 0 Å². The topological polar surface area (TPSA) is 69.3 Å². The van der Waals surface area contributed by atoms with Crippen LogP contribution in [0.2, 0.25) is 0 Å². The van der Waals surface area contributed by atoms with Crippen LogP contribution >= 0.6 is 0 Å². The molecule has 164 valence electrons. The van der Waals surface area contributed by atoms with Gasteiger partial charge in [0.2, 0.25) is 0 Å². The maximum atomic E-state index is 12.5. The van der Waals surface area contributed by atoms with E-state index in [1.165, 1.54) is 16.7 Å². The average Bonchev–Trinajstić information content (AvgIpc) is 3.44. The van der Waals surface area contributed by atoms with E-state index >= 15 is 0 Å². The molecule has 0 radical (unpaired) electrons. The number of ether oxygens (including phenoxy) is 1. The van der Waals surface area contributed by atoms with Crippen molar-refractivity contribution in [3.8, 4) is 5.75 Å². The van der Waals surface area contributed by atoms with Gasteiger partial charge in [-0.15, -0.1) is 0 Å². The van der Waals surface area contributed by atoms with E-state index in [1.807, 2.05) is 30.5 Å². The molecule has 0 saturated carbocycles. The third kappa shape index (κ3) is 5.27. The summed E-state index contributed by atoms with van der Waals surface area (Å²) < 4.78 is 13.2. The molecule has 0 aliphatic carbocycles. The van der Waals surface area contributed by atoms with Crippen LogP contribution in [0.15, 0.2) is 77.3 Å². The third-order valence-electron chi connectivity index (χ3n) is 5.29. The highest BCUT2D eigenvalue weighted by Crippen LogP contribution is 2.20. The monoisotopic (exact) mass is 429 g/mol. The number of amides is 1. The summed E-state index contributed by atoms with van der Waals surface area (Å²) in [6.07, 6.45) is 1.84. The van der Waals surface area contributed by atoms with Crippen LogP contribution in [0, 0.1) is 6.92 Å². The summed E-state index contributed by atoms with van der Waals surface area (Å²) in [6.45, 7) is 7.27. The highest BCUT2D eigenvalue weighted by atomic mass is 16.5. The lowest BCUT2D eigenvalue weighted by Gasteiger charge is -2.08. The number of carbonyl (C=O) groups excluding carboxylic acids is 1. The van der Waals surface area contributed by atoms with Crippen molar-refractivity contribution < 1.29 is 13.9 Å². The summed E-state index contributed by atoms with van der Waals surface area (Å²) in [4.78, 5) is 12.5. The normalized spacial score (nSPS) is 11.0. The summed E-state index contributed by atoms with van der Waals surface area (Å²) in [5.41, 5.74) is 3.65. The molecule has 0 fully saturated rings. The fourth-order valence-corrected chi connectivity index (χ4v) is 3.34. The van der Waals surface area contributed by atoms with Crippen molar-refractivity contribution in [2.24, 2.45) is 0 Å². The van der Waals surface area contributed by atoms with E-state index < -0.39 is 0 Å². The van der Waals surface area contributed by atoms with Gasteiger partial charge in [-0.05, 0) is 53.8 Å². The number of benzene rings is 2. The Morgan fingerprint density at radius 1 is 1.06 bits per heavy atom. The van der Waals surface area contributed by atoms with E-state index in [-0.39, 0.29) is 18.3 Å². The van der Waals surface area contributed by atoms with Gasteiger partial charge >= 0.3 is 0 Å². The smallest absolute Gasteiger partial charge is 0.292 e. The Bertz CT molecular complexity index is 1190. The van der Waals surface area contributed by atoms with E-state index in [2.05, 4.69) is 55.5 Å². The maximum absolute atomic E-state index is 12.5. The van der Waals surface area contributed by atoms with E-state index in [0.29, 0.717) is 24.0 Å². The first-order valence-corrected chi connectivity index (χ1v) is 10.7. The second kappa shape index (κ2) is 9.56. The summed E-state index contributed by atoms with van der Waals surface area (Å²) in [5, 5.41) is 7.21. The fraction of sp³-hybridized carbons (Fsp3) is 0.231. The van der Waals surface area contributed by atoms with Crippen molar-refractivity contribution >= 4 is 11.7 Å². The molecule has 0 aliphatic rings. The predicted octanol–water partition coefficient (Wildman–Crippen LogP) is 5.79. The Labute approximate surface area is 187 Å². The molecule has 1 N–H and O–H groups in total. The van der Waals surface area contributed by atoms with E-state index in [9.17, 15) is 4.79 Å². The lowest BCUT2D eigenvalue weighted by atomic mass is 10.0. The summed E-state index contributed by atoms with van der Waals surface area (Å²) in [6, 6.07) is 21.3. The summed E-state index contributed by atoms with van der Waals surface area (Å²) in [5.74, 6) is 2.15. The first-order chi connectivity index (χ1) is 15.5. The van der Waals surface area contributed by atoms with Gasteiger partial charge in [0.1, 0.15) is 18.1 Å².